The molecule has 3 nitrogen and oxygen atoms in total. The van der Waals surface area contributed by atoms with Crippen LogP contribution in [0.5, 0.6) is 0 Å². The molecule has 2 N–H and O–H groups in total. The van der Waals surface area contributed by atoms with Crippen LogP contribution in [0.25, 0.3) is 0 Å². The van der Waals surface area contributed by atoms with E-state index in [1.165, 1.54) is 5.56 Å². The van der Waals surface area contributed by atoms with Crippen molar-refractivity contribution in [3.05, 3.63) is 32.7 Å². The average Bonchev–Trinajstić information content (AvgIpc) is 2.41. The number of halogens is 2. The molecule has 1 aliphatic rings. The van der Waals surface area contributed by atoms with Crippen molar-refractivity contribution in [1.82, 2.24) is 9.80 Å². The monoisotopic (exact) mass is 403 g/mol. The molecule has 1 fully saturated rings. The maximum Gasteiger partial charge on any atom is 0.0472 e. The molecule has 20 heavy (non-hydrogen) atoms. The van der Waals surface area contributed by atoms with E-state index in [-0.39, 0.29) is 6.04 Å². The summed E-state index contributed by atoms with van der Waals surface area (Å²) in [5.74, 6) is 0. The van der Waals surface area contributed by atoms with Crippen LogP contribution in [-0.4, -0.2) is 48.6 Å². The zero-order chi connectivity index (χ0) is 14.9. The van der Waals surface area contributed by atoms with Gasteiger partial charge in [-0.25, -0.2) is 0 Å². The van der Waals surface area contributed by atoms with Gasteiger partial charge in [-0.15, -0.1) is 0 Å². The van der Waals surface area contributed by atoms with Crippen LogP contribution in [0, 0.1) is 0 Å². The van der Waals surface area contributed by atoms with Crippen molar-refractivity contribution in [3.8, 4) is 0 Å². The summed E-state index contributed by atoms with van der Waals surface area (Å²) in [5.41, 5.74) is 7.35. The van der Waals surface area contributed by atoms with Crippen LogP contribution in [0.3, 0.4) is 0 Å². The smallest absolute Gasteiger partial charge is 0.0472 e. The molecule has 3 atom stereocenters. The molecule has 2 rings (SSSR count). The van der Waals surface area contributed by atoms with Crippen LogP contribution < -0.4 is 5.73 Å². The van der Waals surface area contributed by atoms with Gasteiger partial charge in [0.2, 0.25) is 0 Å². The Morgan fingerprint density at radius 2 is 1.80 bits per heavy atom. The summed E-state index contributed by atoms with van der Waals surface area (Å²) in [5, 5.41) is 0. The Balaban J connectivity index is 2.21. The van der Waals surface area contributed by atoms with Crippen LogP contribution >= 0.6 is 31.9 Å². The molecule has 0 bridgehead atoms. The highest BCUT2D eigenvalue weighted by molar-refractivity contribution is 9.13. The minimum atomic E-state index is 0.290. The fraction of sp³-hybridized carbons (Fsp3) is 0.600. The highest BCUT2D eigenvalue weighted by Gasteiger charge is 2.30. The Morgan fingerprint density at radius 1 is 1.20 bits per heavy atom. The number of nitrogens with zero attached hydrogens (tertiary/aromatic N) is 2. The van der Waals surface area contributed by atoms with Crippen molar-refractivity contribution in [2.75, 3.05) is 26.7 Å². The Kier molecular flexibility index (Phi) is 5.65. The van der Waals surface area contributed by atoms with Crippen LogP contribution in [0.15, 0.2) is 27.1 Å². The van der Waals surface area contributed by atoms with E-state index >= 15 is 0 Å². The Morgan fingerprint density at radius 3 is 2.30 bits per heavy atom. The van der Waals surface area contributed by atoms with E-state index in [2.05, 4.69) is 80.8 Å². The quantitative estimate of drug-likeness (QED) is 0.839. The van der Waals surface area contributed by atoms with Crippen LogP contribution in [-0.2, 0) is 0 Å². The summed E-state index contributed by atoms with van der Waals surface area (Å²) in [7, 11) is 2.21. The van der Waals surface area contributed by atoms with E-state index in [1.807, 2.05) is 0 Å². The molecule has 0 amide bonds. The molecule has 1 saturated heterocycles. The maximum absolute atomic E-state index is 6.07. The fourth-order valence-corrected chi connectivity index (χ4v) is 3.56. The van der Waals surface area contributed by atoms with E-state index in [0.717, 1.165) is 22.0 Å². The highest BCUT2D eigenvalue weighted by Crippen LogP contribution is 2.30. The molecule has 1 heterocycles. The number of hydrogen-bond donors (Lipinski definition) is 1. The first kappa shape index (κ1) is 16.4. The van der Waals surface area contributed by atoms with Gasteiger partial charge in [-0.1, -0.05) is 6.07 Å². The number of nitrogens with two attached hydrogens (primary N) is 1. The molecule has 0 aromatic heterocycles. The van der Waals surface area contributed by atoms with Gasteiger partial charge >= 0.3 is 0 Å². The predicted molar refractivity (Wildman–Crippen MR) is 91.9 cm³/mol. The standard InChI is InChI=1S/C15H23Br2N3/c1-10-8-20(9-11(2)19(10)3)15(7-18)12-4-5-13(16)14(17)6-12/h4-6,10-11,15H,7-9,18H2,1-3H3. The fourth-order valence-electron chi connectivity index (χ4n) is 2.92. The molecule has 0 aliphatic carbocycles. The second kappa shape index (κ2) is 6.88. The van der Waals surface area contributed by atoms with Gasteiger partial charge in [0.25, 0.3) is 0 Å². The van der Waals surface area contributed by atoms with Crippen molar-refractivity contribution in [3.63, 3.8) is 0 Å². The zero-order valence-electron chi connectivity index (χ0n) is 12.3. The number of likely N-dealkylation sites (N-methyl/N-ethyl adjacent to an activating group) is 1. The van der Waals surface area contributed by atoms with Gasteiger partial charge in [0.15, 0.2) is 0 Å². The summed E-state index contributed by atoms with van der Waals surface area (Å²) in [4.78, 5) is 4.96. The lowest BCUT2D eigenvalue weighted by molar-refractivity contribution is 0.0352. The summed E-state index contributed by atoms with van der Waals surface area (Å²) < 4.78 is 2.17. The third kappa shape index (κ3) is 3.45. The summed E-state index contributed by atoms with van der Waals surface area (Å²) in [6, 6.07) is 7.84. The minimum Gasteiger partial charge on any atom is -0.329 e. The van der Waals surface area contributed by atoms with Crippen LogP contribution in [0.4, 0.5) is 0 Å². The molecule has 0 spiro atoms. The molecule has 1 aliphatic heterocycles. The van der Waals surface area contributed by atoms with Crippen molar-refractivity contribution in [2.24, 2.45) is 5.73 Å². The third-order valence-corrected chi connectivity index (χ3v) is 6.26. The lowest BCUT2D eigenvalue weighted by atomic mass is 10.0. The summed E-state index contributed by atoms with van der Waals surface area (Å²) in [6.45, 7) is 7.35. The highest BCUT2D eigenvalue weighted by atomic mass is 79.9. The molecule has 1 aromatic rings. The Labute approximate surface area is 138 Å². The number of rotatable bonds is 3. The second-order valence-electron chi connectivity index (χ2n) is 5.74. The minimum absolute atomic E-state index is 0.290. The topological polar surface area (TPSA) is 32.5 Å². The number of benzene rings is 1. The van der Waals surface area contributed by atoms with E-state index in [1.54, 1.807) is 0 Å². The number of hydrogen-bond acceptors (Lipinski definition) is 3. The molecular weight excluding hydrogens is 382 g/mol. The lowest BCUT2D eigenvalue weighted by Gasteiger charge is -2.45. The van der Waals surface area contributed by atoms with Crippen molar-refractivity contribution in [1.29, 1.82) is 0 Å². The van der Waals surface area contributed by atoms with Gasteiger partial charge in [-0.05, 0) is 70.5 Å². The predicted octanol–water partition coefficient (Wildman–Crippen LogP) is 3.24. The van der Waals surface area contributed by atoms with Gasteiger partial charge in [0.05, 0.1) is 0 Å². The maximum atomic E-state index is 6.07. The van der Waals surface area contributed by atoms with E-state index in [9.17, 15) is 0 Å². The first-order valence-corrected chi connectivity index (χ1v) is 8.63. The van der Waals surface area contributed by atoms with Crippen LogP contribution in [0.2, 0.25) is 0 Å². The van der Waals surface area contributed by atoms with E-state index in [0.29, 0.717) is 18.6 Å². The van der Waals surface area contributed by atoms with Gasteiger partial charge in [0.1, 0.15) is 0 Å². The Bertz CT molecular complexity index is 454. The molecule has 0 saturated carbocycles. The Hall–Kier alpha value is 0.0600. The van der Waals surface area contributed by atoms with E-state index in [4.69, 9.17) is 5.73 Å². The average molecular weight is 405 g/mol. The number of piperazine rings is 1. The SMILES string of the molecule is CC1CN(C(CN)c2ccc(Br)c(Br)c2)CC(C)N1C. The molecule has 5 heteroatoms. The van der Waals surface area contributed by atoms with Crippen molar-refractivity contribution in [2.45, 2.75) is 32.0 Å². The lowest BCUT2D eigenvalue weighted by Crippen LogP contribution is -2.56. The van der Waals surface area contributed by atoms with Gasteiger partial charge in [-0.3, -0.25) is 9.80 Å². The largest absolute Gasteiger partial charge is 0.329 e. The summed E-state index contributed by atoms with van der Waals surface area (Å²) >= 11 is 7.11. The van der Waals surface area contributed by atoms with Gasteiger partial charge in [0, 0.05) is 46.7 Å². The molecule has 3 unspecified atom stereocenters. The first-order chi connectivity index (χ1) is 9.43. The zero-order valence-corrected chi connectivity index (χ0v) is 15.5. The van der Waals surface area contributed by atoms with Crippen molar-refractivity contribution >= 4 is 31.9 Å². The third-order valence-electron chi connectivity index (χ3n) is 4.38. The summed E-state index contributed by atoms with van der Waals surface area (Å²) in [6.07, 6.45) is 0. The second-order valence-corrected chi connectivity index (χ2v) is 7.45. The van der Waals surface area contributed by atoms with Crippen LogP contribution in [0.1, 0.15) is 25.5 Å². The molecular formula is C15H23Br2N3. The molecule has 0 radical (unpaired) electrons. The molecule has 112 valence electrons. The van der Waals surface area contributed by atoms with Gasteiger partial charge in [-0.2, -0.15) is 0 Å². The van der Waals surface area contributed by atoms with E-state index < -0.39 is 0 Å². The normalized spacial score (nSPS) is 26.7. The molecule has 1 aromatic carbocycles. The first-order valence-electron chi connectivity index (χ1n) is 7.05. The van der Waals surface area contributed by atoms with Crippen molar-refractivity contribution < 1.29 is 0 Å². The van der Waals surface area contributed by atoms with Gasteiger partial charge < -0.3 is 5.73 Å².